The van der Waals surface area contributed by atoms with Gasteiger partial charge in [0.2, 0.25) is 5.60 Å². The fourth-order valence-electron chi connectivity index (χ4n) is 2.13. The monoisotopic (exact) mass is 381 g/mol. The first-order valence-electron chi connectivity index (χ1n) is 6.54. The summed E-state index contributed by atoms with van der Waals surface area (Å²) in [5, 5.41) is 53.8. The summed E-state index contributed by atoms with van der Waals surface area (Å²) in [6, 6.07) is -2.64. The SMILES string of the molecule is O=C(O)COC(CC(=O)O)(C(=O)O)C(C(=O)O)N(CC(=O)O)CC(=O)O. The second kappa shape index (κ2) is 9.28. The van der Waals surface area contributed by atoms with Gasteiger partial charge in [0.15, 0.2) is 0 Å². The van der Waals surface area contributed by atoms with Crippen molar-refractivity contribution < 1.29 is 64.1 Å². The van der Waals surface area contributed by atoms with E-state index in [0.717, 1.165) is 0 Å². The molecule has 0 rings (SSSR count). The maximum Gasteiger partial charge on any atom is 0.338 e. The average Bonchev–Trinajstić information content (AvgIpc) is 2.41. The number of hydrogen-bond acceptors (Lipinski definition) is 8. The molecule has 0 radical (unpaired) electrons. The molecule has 0 aliphatic heterocycles. The lowest BCUT2D eigenvalue weighted by Crippen LogP contribution is -2.65. The van der Waals surface area contributed by atoms with Crippen molar-refractivity contribution in [3.8, 4) is 0 Å². The highest BCUT2D eigenvalue weighted by Crippen LogP contribution is 2.27. The highest BCUT2D eigenvalue weighted by molar-refractivity contribution is 5.93. The van der Waals surface area contributed by atoms with Crippen molar-refractivity contribution in [3.05, 3.63) is 0 Å². The number of nitrogens with zero attached hydrogens (tertiary/aromatic N) is 1. The van der Waals surface area contributed by atoms with Gasteiger partial charge in [-0.05, 0) is 0 Å². The van der Waals surface area contributed by atoms with Crippen LogP contribution in [0.15, 0.2) is 0 Å². The molecule has 0 saturated heterocycles. The summed E-state index contributed by atoms with van der Waals surface area (Å²) in [6.07, 6.45) is -1.58. The maximum atomic E-state index is 11.6. The molecule has 0 fully saturated rings. The number of carboxylic acid groups (broad SMARTS) is 6. The van der Waals surface area contributed by atoms with Crippen LogP contribution in [0.25, 0.3) is 0 Å². The molecule has 26 heavy (non-hydrogen) atoms. The van der Waals surface area contributed by atoms with Gasteiger partial charge in [-0.3, -0.25) is 24.1 Å². The molecule has 0 bridgehead atoms. The zero-order valence-electron chi connectivity index (χ0n) is 12.9. The second-order valence-corrected chi connectivity index (χ2v) is 4.88. The van der Waals surface area contributed by atoms with Gasteiger partial charge >= 0.3 is 35.8 Å². The number of rotatable bonds is 13. The summed E-state index contributed by atoms with van der Waals surface area (Å²) in [6.45, 7) is -4.03. The summed E-state index contributed by atoms with van der Waals surface area (Å²) >= 11 is 0. The van der Waals surface area contributed by atoms with Gasteiger partial charge in [-0.1, -0.05) is 0 Å². The lowest BCUT2D eigenvalue weighted by Gasteiger charge is -2.38. The number of carbonyl (C=O) groups is 6. The largest absolute Gasteiger partial charge is 0.481 e. The predicted molar refractivity (Wildman–Crippen MR) is 74.5 cm³/mol. The van der Waals surface area contributed by atoms with Crippen LogP contribution < -0.4 is 0 Å². The first-order valence-corrected chi connectivity index (χ1v) is 6.54. The summed E-state index contributed by atoms with van der Waals surface area (Å²) in [5.74, 6) is -11.5. The first kappa shape index (κ1) is 22.7. The van der Waals surface area contributed by atoms with Crippen molar-refractivity contribution in [1.29, 1.82) is 0 Å². The Hall–Kier alpha value is -3.26. The third-order valence-electron chi connectivity index (χ3n) is 2.95. The smallest absolute Gasteiger partial charge is 0.338 e. The van der Waals surface area contributed by atoms with E-state index in [1.807, 2.05) is 0 Å². The molecule has 0 aromatic heterocycles. The Balaban J connectivity index is 6.38. The Bertz CT molecular complexity index is 598. The highest BCUT2D eigenvalue weighted by Gasteiger charge is 2.56. The Morgan fingerprint density at radius 1 is 0.769 bits per heavy atom. The fourth-order valence-corrected chi connectivity index (χ4v) is 2.13. The van der Waals surface area contributed by atoms with Crippen LogP contribution in [0, 0.1) is 0 Å². The molecule has 0 aliphatic rings. The van der Waals surface area contributed by atoms with Gasteiger partial charge in [0.25, 0.3) is 0 Å². The molecular formula is C12H15NO13. The molecule has 0 saturated carbocycles. The van der Waals surface area contributed by atoms with E-state index in [1.165, 1.54) is 0 Å². The topological polar surface area (TPSA) is 236 Å². The lowest BCUT2D eigenvalue weighted by molar-refractivity contribution is -0.195. The fraction of sp³-hybridized carbons (Fsp3) is 0.500. The van der Waals surface area contributed by atoms with Crippen LogP contribution in [0.2, 0.25) is 0 Å². The summed E-state index contributed by atoms with van der Waals surface area (Å²) in [7, 11) is 0. The third-order valence-corrected chi connectivity index (χ3v) is 2.95. The van der Waals surface area contributed by atoms with Gasteiger partial charge in [0, 0.05) is 0 Å². The van der Waals surface area contributed by atoms with Crippen LogP contribution in [-0.4, -0.2) is 103 Å². The standard InChI is InChI=1S/C12H15NO13/c14-5(15)1-12(11(24)25,26-4-8(20)21)9(10(22)23)13(2-6(16)17)3-7(18)19/h9H,1-4H2,(H,14,15)(H,16,17)(H,18,19)(H,20,21)(H,22,23)(H,24,25). The Morgan fingerprint density at radius 3 is 1.50 bits per heavy atom. The van der Waals surface area contributed by atoms with Crippen molar-refractivity contribution >= 4 is 35.8 Å². The average molecular weight is 381 g/mol. The van der Waals surface area contributed by atoms with Gasteiger partial charge in [-0.2, -0.15) is 0 Å². The molecule has 2 unspecified atom stereocenters. The Morgan fingerprint density at radius 2 is 1.23 bits per heavy atom. The van der Waals surface area contributed by atoms with Gasteiger partial charge in [0.05, 0.1) is 19.5 Å². The predicted octanol–water partition coefficient (Wildman–Crippen LogP) is -2.69. The van der Waals surface area contributed by atoms with Crippen molar-refractivity contribution in [3.63, 3.8) is 0 Å². The van der Waals surface area contributed by atoms with Gasteiger partial charge in [-0.15, -0.1) is 0 Å². The van der Waals surface area contributed by atoms with Crippen LogP contribution in [0.1, 0.15) is 6.42 Å². The van der Waals surface area contributed by atoms with Crippen molar-refractivity contribution in [2.45, 2.75) is 18.1 Å². The zero-order valence-corrected chi connectivity index (χ0v) is 12.9. The van der Waals surface area contributed by atoms with Gasteiger partial charge < -0.3 is 35.4 Å². The summed E-state index contributed by atoms with van der Waals surface area (Å²) in [5.41, 5.74) is -3.28. The van der Waals surface area contributed by atoms with E-state index in [1.54, 1.807) is 0 Å². The lowest BCUT2D eigenvalue weighted by atomic mass is 9.88. The molecule has 6 N–H and O–H groups in total. The minimum Gasteiger partial charge on any atom is -0.481 e. The van der Waals surface area contributed by atoms with Crippen LogP contribution in [0.4, 0.5) is 0 Å². The normalized spacial score (nSPS) is 14.2. The summed E-state index contributed by atoms with van der Waals surface area (Å²) in [4.78, 5) is 66.8. The molecule has 0 aromatic carbocycles. The van der Waals surface area contributed by atoms with E-state index >= 15 is 0 Å². The molecule has 146 valence electrons. The first-order chi connectivity index (χ1) is 11.8. The molecule has 0 heterocycles. The van der Waals surface area contributed by atoms with Crippen LogP contribution in [0.3, 0.4) is 0 Å². The van der Waals surface area contributed by atoms with E-state index in [2.05, 4.69) is 4.74 Å². The van der Waals surface area contributed by atoms with E-state index < -0.39 is 73.6 Å². The quantitative estimate of drug-likeness (QED) is 0.190. The molecule has 0 amide bonds. The zero-order chi connectivity index (χ0) is 20.7. The van der Waals surface area contributed by atoms with Gasteiger partial charge in [-0.25, -0.2) is 9.59 Å². The highest BCUT2D eigenvalue weighted by atomic mass is 16.5. The van der Waals surface area contributed by atoms with E-state index in [-0.39, 0.29) is 4.90 Å². The number of aliphatic carboxylic acids is 6. The molecule has 14 heteroatoms. The molecular weight excluding hydrogens is 366 g/mol. The van der Waals surface area contributed by atoms with Crippen molar-refractivity contribution in [2.75, 3.05) is 19.7 Å². The molecule has 14 nitrogen and oxygen atoms in total. The van der Waals surface area contributed by atoms with Crippen LogP contribution in [-0.2, 0) is 33.5 Å². The number of ether oxygens (including phenoxy) is 1. The van der Waals surface area contributed by atoms with Crippen molar-refractivity contribution in [2.24, 2.45) is 0 Å². The van der Waals surface area contributed by atoms with Crippen molar-refractivity contribution in [1.82, 2.24) is 4.90 Å². The van der Waals surface area contributed by atoms with E-state index in [9.17, 15) is 39.0 Å². The molecule has 0 spiro atoms. The van der Waals surface area contributed by atoms with Crippen LogP contribution >= 0.6 is 0 Å². The van der Waals surface area contributed by atoms with Gasteiger partial charge in [0.1, 0.15) is 12.6 Å². The second-order valence-electron chi connectivity index (χ2n) is 4.88. The van der Waals surface area contributed by atoms with E-state index in [0.29, 0.717) is 0 Å². The third kappa shape index (κ3) is 6.33. The van der Waals surface area contributed by atoms with E-state index in [4.69, 9.17) is 20.4 Å². The number of carboxylic acids is 6. The Labute approximate surface area is 143 Å². The summed E-state index contributed by atoms with van der Waals surface area (Å²) < 4.78 is 4.54. The maximum absolute atomic E-state index is 11.6. The molecule has 0 aliphatic carbocycles. The molecule has 2 atom stereocenters. The molecule has 0 aromatic rings. The minimum atomic E-state index is -3.28. The number of hydrogen-bond donors (Lipinski definition) is 6. The minimum absolute atomic E-state index is 0.131. The Kier molecular flexibility index (Phi) is 8.12. The van der Waals surface area contributed by atoms with Crippen LogP contribution in [0.5, 0.6) is 0 Å².